The van der Waals surface area contributed by atoms with Crippen molar-refractivity contribution in [1.29, 1.82) is 0 Å². The van der Waals surface area contributed by atoms with Gasteiger partial charge in [0.15, 0.2) is 0 Å². The average Bonchev–Trinajstić information content (AvgIpc) is 2.62. The first-order chi connectivity index (χ1) is 12.8. The Hall–Kier alpha value is -2.22. The number of amides is 1. The minimum atomic E-state index is -3.65. The maximum atomic E-state index is 13.1. The Morgan fingerprint density at radius 3 is 2.30 bits per heavy atom. The van der Waals surface area contributed by atoms with Crippen LogP contribution in [-0.2, 0) is 19.6 Å². The molecule has 0 spiro atoms. The van der Waals surface area contributed by atoms with Crippen LogP contribution < -0.4 is 5.32 Å². The van der Waals surface area contributed by atoms with Crippen LogP contribution in [0.25, 0.3) is 0 Å². The Morgan fingerprint density at radius 1 is 1.07 bits per heavy atom. The van der Waals surface area contributed by atoms with Crippen LogP contribution in [0.5, 0.6) is 0 Å². The molecular weight excluding hydrogens is 364 g/mol. The second-order valence-corrected chi connectivity index (χ2v) is 8.81. The maximum Gasteiger partial charge on any atom is 0.243 e. The fourth-order valence-corrected chi connectivity index (χ4v) is 4.65. The van der Waals surface area contributed by atoms with E-state index in [4.69, 9.17) is 4.74 Å². The van der Waals surface area contributed by atoms with Crippen LogP contribution in [-0.4, -0.2) is 37.8 Å². The number of anilines is 1. The van der Waals surface area contributed by atoms with Gasteiger partial charge < -0.3 is 10.1 Å². The van der Waals surface area contributed by atoms with Crippen molar-refractivity contribution in [2.24, 2.45) is 0 Å². The SMILES string of the molecule is CC(=O)Nc1ccc(S(=O)(=O)N2CC(C)OC(c3ccc(C)cc3)C2)cc1. The van der Waals surface area contributed by atoms with E-state index in [1.165, 1.54) is 23.4 Å². The second-order valence-electron chi connectivity index (χ2n) is 6.87. The smallest absolute Gasteiger partial charge is 0.243 e. The van der Waals surface area contributed by atoms with Gasteiger partial charge in [0.05, 0.1) is 17.1 Å². The lowest BCUT2D eigenvalue weighted by Crippen LogP contribution is -2.45. The van der Waals surface area contributed by atoms with E-state index in [2.05, 4.69) is 5.32 Å². The van der Waals surface area contributed by atoms with Gasteiger partial charge in [0.25, 0.3) is 0 Å². The van der Waals surface area contributed by atoms with Gasteiger partial charge in [-0.25, -0.2) is 8.42 Å². The lowest BCUT2D eigenvalue weighted by molar-refractivity contribution is -0.114. The first-order valence-corrected chi connectivity index (χ1v) is 10.3. The van der Waals surface area contributed by atoms with E-state index in [0.29, 0.717) is 12.2 Å². The average molecular weight is 388 g/mol. The van der Waals surface area contributed by atoms with E-state index < -0.39 is 10.0 Å². The van der Waals surface area contributed by atoms with Crippen LogP contribution in [0, 0.1) is 6.92 Å². The summed E-state index contributed by atoms with van der Waals surface area (Å²) in [6.45, 7) is 5.87. The molecule has 3 rings (SSSR count). The molecule has 6 nitrogen and oxygen atoms in total. The van der Waals surface area contributed by atoms with Crippen molar-refractivity contribution in [1.82, 2.24) is 4.31 Å². The highest BCUT2D eigenvalue weighted by atomic mass is 32.2. The van der Waals surface area contributed by atoms with Gasteiger partial charge in [-0.15, -0.1) is 0 Å². The summed E-state index contributed by atoms with van der Waals surface area (Å²) in [5.41, 5.74) is 2.68. The third-order valence-corrected chi connectivity index (χ3v) is 6.33. The van der Waals surface area contributed by atoms with Crippen molar-refractivity contribution in [2.45, 2.75) is 37.9 Å². The molecule has 1 N–H and O–H groups in total. The molecule has 0 radical (unpaired) electrons. The van der Waals surface area contributed by atoms with E-state index in [0.717, 1.165) is 11.1 Å². The summed E-state index contributed by atoms with van der Waals surface area (Å²) in [6.07, 6.45) is -0.513. The van der Waals surface area contributed by atoms with Crippen molar-refractivity contribution in [3.05, 3.63) is 59.7 Å². The van der Waals surface area contributed by atoms with E-state index in [1.807, 2.05) is 38.1 Å². The molecule has 1 aliphatic heterocycles. The third-order valence-electron chi connectivity index (χ3n) is 4.49. The summed E-state index contributed by atoms with van der Waals surface area (Å²) < 4.78 is 33.6. The fourth-order valence-electron chi connectivity index (χ4n) is 3.14. The quantitative estimate of drug-likeness (QED) is 0.873. The molecule has 1 saturated heterocycles. The van der Waals surface area contributed by atoms with Gasteiger partial charge in [-0.2, -0.15) is 4.31 Å². The number of benzene rings is 2. The Balaban J connectivity index is 1.82. The van der Waals surface area contributed by atoms with Gasteiger partial charge in [-0.05, 0) is 43.7 Å². The Kier molecular flexibility index (Phi) is 5.64. The number of sulfonamides is 1. The zero-order chi connectivity index (χ0) is 19.6. The first kappa shape index (κ1) is 19.5. The molecule has 2 aromatic rings. The zero-order valence-corrected chi connectivity index (χ0v) is 16.5. The molecule has 0 bridgehead atoms. The molecule has 1 amide bonds. The van der Waals surface area contributed by atoms with Gasteiger partial charge in [-0.1, -0.05) is 29.8 Å². The highest BCUT2D eigenvalue weighted by molar-refractivity contribution is 7.89. The van der Waals surface area contributed by atoms with Gasteiger partial charge in [0.1, 0.15) is 0 Å². The minimum absolute atomic E-state index is 0.200. The van der Waals surface area contributed by atoms with Crippen LogP contribution in [0.2, 0.25) is 0 Å². The van der Waals surface area contributed by atoms with E-state index in [9.17, 15) is 13.2 Å². The van der Waals surface area contributed by atoms with E-state index in [1.54, 1.807) is 12.1 Å². The number of nitrogens with zero attached hydrogens (tertiary/aromatic N) is 1. The summed E-state index contributed by atoms with van der Waals surface area (Å²) in [7, 11) is -3.65. The van der Waals surface area contributed by atoms with Crippen LogP contribution >= 0.6 is 0 Å². The second kappa shape index (κ2) is 7.80. The van der Waals surface area contributed by atoms with E-state index >= 15 is 0 Å². The summed E-state index contributed by atoms with van der Waals surface area (Å²) in [5.74, 6) is -0.200. The molecule has 2 unspecified atom stereocenters. The molecule has 0 aliphatic carbocycles. The summed E-state index contributed by atoms with van der Waals surface area (Å²) in [6, 6.07) is 14.2. The lowest BCUT2D eigenvalue weighted by atomic mass is 10.1. The van der Waals surface area contributed by atoms with Crippen molar-refractivity contribution < 1.29 is 17.9 Å². The third kappa shape index (κ3) is 4.55. The number of carbonyl (C=O) groups excluding carboxylic acids is 1. The maximum absolute atomic E-state index is 13.1. The van der Waals surface area contributed by atoms with Gasteiger partial charge in [0, 0.05) is 25.7 Å². The van der Waals surface area contributed by atoms with Crippen molar-refractivity contribution in [3.63, 3.8) is 0 Å². The van der Waals surface area contributed by atoms with Gasteiger partial charge in [0.2, 0.25) is 15.9 Å². The number of rotatable bonds is 4. The first-order valence-electron chi connectivity index (χ1n) is 8.85. The summed E-state index contributed by atoms with van der Waals surface area (Å²) in [5, 5.41) is 2.64. The lowest BCUT2D eigenvalue weighted by Gasteiger charge is -2.36. The molecule has 1 fully saturated rings. The van der Waals surface area contributed by atoms with Crippen LogP contribution in [0.15, 0.2) is 53.4 Å². The van der Waals surface area contributed by atoms with Crippen molar-refractivity contribution in [2.75, 3.05) is 18.4 Å². The fraction of sp³-hybridized carbons (Fsp3) is 0.350. The number of carbonyl (C=O) groups is 1. The largest absolute Gasteiger partial charge is 0.368 e. The highest BCUT2D eigenvalue weighted by Gasteiger charge is 2.34. The highest BCUT2D eigenvalue weighted by Crippen LogP contribution is 2.29. The number of nitrogens with one attached hydrogen (secondary N) is 1. The Bertz CT molecular complexity index is 908. The molecule has 0 aromatic heterocycles. The number of hydrogen-bond acceptors (Lipinski definition) is 4. The minimum Gasteiger partial charge on any atom is -0.368 e. The molecule has 2 aromatic carbocycles. The van der Waals surface area contributed by atoms with Crippen molar-refractivity contribution in [3.8, 4) is 0 Å². The van der Waals surface area contributed by atoms with Crippen LogP contribution in [0.3, 0.4) is 0 Å². The molecule has 7 heteroatoms. The molecule has 1 aliphatic rings. The molecular formula is C20H24N2O4S. The molecule has 144 valence electrons. The number of hydrogen-bond donors (Lipinski definition) is 1. The topological polar surface area (TPSA) is 75.7 Å². The number of morpholine rings is 1. The normalized spacial score (nSPS) is 21.0. The monoisotopic (exact) mass is 388 g/mol. The molecule has 0 saturated carbocycles. The van der Waals surface area contributed by atoms with Gasteiger partial charge >= 0.3 is 0 Å². The molecule has 1 heterocycles. The molecule has 27 heavy (non-hydrogen) atoms. The predicted octanol–water partition coefficient (Wildman–Crippen LogP) is 3.10. The Morgan fingerprint density at radius 2 is 1.70 bits per heavy atom. The van der Waals surface area contributed by atoms with E-state index in [-0.39, 0.29) is 29.6 Å². The van der Waals surface area contributed by atoms with Gasteiger partial charge in [-0.3, -0.25) is 4.79 Å². The Labute approximate surface area is 160 Å². The summed E-state index contributed by atoms with van der Waals surface area (Å²) in [4.78, 5) is 11.3. The zero-order valence-electron chi connectivity index (χ0n) is 15.7. The number of aryl methyl sites for hydroxylation is 1. The summed E-state index contributed by atoms with van der Waals surface area (Å²) >= 11 is 0. The van der Waals surface area contributed by atoms with Crippen LogP contribution in [0.4, 0.5) is 5.69 Å². The van der Waals surface area contributed by atoms with Crippen LogP contribution in [0.1, 0.15) is 31.1 Å². The molecule has 2 atom stereocenters. The predicted molar refractivity (Wildman–Crippen MR) is 104 cm³/mol. The van der Waals surface area contributed by atoms with Crippen molar-refractivity contribution >= 4 is 21.6 Å². The standard InChI is InChI=1S/C20H24N2O4S/c1-14-4-6-17(7-5-14)20-13-22(12-15(2)26-20)27(24,25)19-10-8-18(9-11-19)21-16(3)23/h4-11,15,20H,12-13H2,1-3H3,(H,21,23). The number of ether oxygens (including phenoxy) is 1.